The smallest absolute Gasteiger partial charge is 0.308 e. The highest BCUT2D eigenvalue weighted by Crippen LogP contribution is 2.12. The third-order valence-corrected chi connectivity index (χ3v) is 1.71. The minimum atomic E-state index is -1.26. The Labute approximate surface area is 74.4 Å². The molecule has 13 heavy (non-hydrogen) atoms. The zero-order chi connectivity index (χ0) is 10.4. The number of carboxylic acids is 2. The standard InChI is InChI=1S/C7H12O6/c8-2-4(6(10)11)1-5(3-9)7(12)13/h4-5,8-9H,1-3H2,(H,10,11)(H,12,13). The molecule has 76 valence electrons. The summed E-state index contributed by atoms with van der Waals surface area (Å²) in [7, 11) is 0. The molecule has 0 aromatic heterocycles. The average Bonchev–Trinajstić information content (AvgIpc) is 2.05. The zero-order valence-electron chi connectivity index (χ0n) is 6.88. The molecule has 0 aliphatic rings. The maximum absolute atomic E-state index is 10.4. The van der Waals surface area contributed by atoms with Crippen LogP contribution < -0.4 is 0 Å². The van der Waals surface area contributed by atoms with Crippen LogP contribution in [0.4, 0.5) is 0 Å². The number of aliphatic carboxylic acids is 2. The van der Waals surface area contributed by atoms with Crippen molar-refractivity contribution >= 4 is 11.9 Å². The second-order valence-corrected chi connectivity index (χ2v) is 2.67. The van der Waals surface area contributed by atoms with E-state index in [1.807, 2.05) is 0 Å². The third kappa shape index (κ3) is 3.86. The molecular weight excluding hydrogens is 180 g/mol. The molecule has 0 aromatic carbocycles. The van der Waals surface area contributed by atoms with Crippen molar-refractivity contribution in [3.63, 3.8) is 0 Å². The molecule has 6 heteroatoms. The Morgan fingerprint density at radius 2 is 1.23 bits per heavy atom. The van der Waals surface area contributed by atoms with Crippen molar-refractivity contribution in [2.24, 2.45) is 11.8 Å². The van der Waals surface area contributed by atoms with Crippen LogP contribution in [0.1, 0.15) is 6.42 Å². The molecule has 0 aromatic rings. The molecule has 0 aliphatic carbocycles. The Morgan fingerprint density at radius 3 is 1.38 bits per heavy atom. The van der Waals surface area contributed by atoms with Gasteiger partial charge in [-0.05, 0) is 6.42 Å². The van der Waals surface area contributed by atoms with Crippen molar-refractivity contribution in [3.8, 4) is 0 Å². The lowest BCUT2D eigenvalue weighted by Crippen LogP contribution is -2.27. The summed E-state index contributed by atoms with van der Waals surface area (Å²) in [6, 6.07) is 0. The molecule has 2 atom stereocenters. The van der Waals surface area contributed by atoms with Crippen LogP contribution in [-0.2, 0) is 9.59 Å². The minimum absolute atomic E-state index is 0.266. The Bertz CT molecular complexity index is 169. The van der Waals surface area contributed by atoms with Gasteiger partial charge in [-0.1, -0.05) is 0 Å². The van der Waals surface area contributed by atoms with Crippen molar-refractivity contribution in [2.45, 2.75) is 6.42 Å². The lowest BCUT2D eigenvalue weighted by atomic mass is 9.96. The number of aliphatic hydroxyl groups excluding tert-OH is 2. The first-order valence-corrected chi connectivity index (χ1v) is 3.70. The van der Waals surface area contributed by atoms with Gasteiger partial charge in [0.1, 0.15) is 0 Å². The summed E-state index contributed by atoms with van der Waals surface area (Å²) in [4.78, 5) is 20.7. The fourth-order valence-corrected chi connectivity index (χ4v) is 0.850. The summed E-state index contributed by atoms with van der Waals surface area (Å²) in [5, 5.41) is 34.1. The van der Waals surface area contributed by atoms with Gasteiger partial charge in [-0.3, -0.25) is 9.59 Å². The Morgan fingerprint density at radius 1 is 0.923 bits per heavy atom. The van der Waals surface area contributed by atoms with Crippen LogP contribution in [0.3, 0.4) is 0 Å². The monoisotopic (exact) mass is 192 g/mol. The third-order valence-electron chi connectivity index (χ3n) is 1.71. The van der Waals surface area contributed by atoms with Gasteiger partial charge < -0.3 is 20.4 Å². The molecule has 0 saturated heterocycles. The van der Waals surface area contributed by atoms with Gasteiger partial charge in [0, 0.05) is 0 Å². The molecule has 0 aliphatic heterocycles. The first-order chi connectivity index (χ1) is 6.02. The molecular formula is C7H12O6. The summed E-state index contributed by atoms with van der Waals surface area (Å²) in [6.45, 7) is -1.25. The maximum atomic E-state index is 10.4. The van der Waals surface area contributed by atoms with Gasteiger partial charge in [0.25, 0.3) is 0 Å². The molecule has 2 unspecified atom stereocenters. The van der Waals surface area contributed by atoms with E-state index in [-0.39, 0.29) is 6.42 Å². The lowest BCUT2D eigenvalue weighted by Gasteiger charge is -2.13. The SMILES string of the molecule is O=C(O)C(CO)CC(CO)C(=O)O. The van der Waals surface area contributed by atoms with Crippen molar-refractivity contribution in [1.82, 2.24) is 0 Å². The summed E-state index contributed by atoms with van der Waals surface area (Å²) in [5.74, 6) is -4.79. The minimum Gasteiger partial charge on any atom is -0.481 e. The number of rotatable bonds is 6. The van der Waals surface area contributed by atoms with Gasteiger partial charge >= 0.3 is 11.9 Å². The van der Waals surface area contributed by atoms with Gasteiger partial charge in [0.15, 0.2) is 0 Å². The van der Waals surface area contributed by atoms with Crippen LogP contribution in [0.2, 0.25) is 0 Å². The highest BCUT2D eigenvalue weighted by Gasteiger charge is 2.25. The van der Waals surface area contributed by atoms with E-state index < -0.39 is 37.0 Å². The number of carboxylic acid groups (broad SMARTS) is 2. The molecule has 0 fully saturated rings. The normalized spacial score (nSPS) is 14.9. The lowest BCUT2D eigenvalue weighted by molar-refractivity contribution is -0.147. The van der Waals surface area contributed by atoms with E-state index in [0.29, 0.717) is 0 Å². The quantitative estimate of drug-likeness (QED) is 0.418. The maximum Gasteiger partial charge on any atom is 0.308 e. The summed E-state index contributed by atoms with van der Waals surface area (Å²) < 4.78 is 0. The highest BCUT2D eigenvalue weighted by atomic mass is 16.4. The van der Waals surface area contributed by atoms with Gasteiger partial charge in [-0.2, -0.15) is 0 Å². The first kappa shape index (κ1) is 11.9. The Balaban J connectivity index is 4.19. The van der Waals surface area contributed by atoms with E-state index in [2.05, 4.69) is 0 Å². The highest BCUT2D eigenvalue weighted by molar-refractivity contribution is 5.73. The summed E-state index contributed by atoms with van der Waals surface area (Å²) >= 11 is 0. The fraction of sp³-hybridized carbons (Fsp3) is 0.714. The topological polar surface area (TPSA) is 115 Å². The zero-order valence-corrected chi connectivity index (χ0v) is 6.88. The van der Waals surface area contributed by atoms with Crippen LogP contribution in [0.5, 0.6) is 0 Å². The molecule has 0 rings (SSSR count). The second-order valence-electron chi connectivity index (χ2n) is 2.67. The van der Waals surface area contributed by atoms with E-state index in [4.69, 9.17) is 20.4 Å². The van der Waals surface area contributed by atoms with Crippen molar-refractivity contribution < 1.29 is 30.0 Å². The van der Waals surface area contributed by atoms with Crippen LogP contribution in [0, 0.1) is 11.8 Å². The van der Waals surface area contributed by atoms with Crippen LogP contribution in [0.15, 0.2) is 0 Å². The van der Waals surface area contributed by atoms with Crippen molar-refractivity contribution in [1.29, 1.82) is 0 Å². The molecule has 0 bridgehead atoms. The Hall–Kier alpha value is -1.14. The van der Waals surface area contributed by atoms with Gasteiger partial charge in [0.05, 0.1) is 25.0 Å². The fourth-order valence-electron chi connectivity index (χ4n) is 0.850. The summed E-state index contributed by atoms with van der Waals surface area (Å²) in [5.41, 5.74) is 0. The Kier molecular flexibility index (Phi) is 5.01. The predicted octanol–water partition coefficient (Wildman–Crippen LogP) is -1.24. The van der Waals surface area contributed by atoms with E-state index in [1.165, 1.54) is 0 Å². The predicted molar refractivity (Wildman–Crippen MR) is 41.0 cm³/mol. The van der Waals surface area contributed by atoms with Crippen LogP contribution in [-0.4, -0.2) is 45.6 Å². The molecule has 0 saturated carbocycles. The number of hydrogen-bond acceptors (Lipinski definition) is 4. The van der Waals surface area contributed by atoms with E-state index >= 15 is 0 Å². The van der Waals surface area contributed by atoms with E-state index in [0.717, 1.165) is 0 Å². The molecule has 4 N–H and O–H groups in total. The van der Waals surface area contributed by atoms with Crippen LogP contribution in [0.25, 0.3) is 0 Å². The average molecular weight is 192 g/mol. The van der Waals surface area contributed by atoms with Gasteiger partial charge in [-0.25, -0.2) is 0 Å². The molecule has 0 amide bonds. The number of carbonyl (C=O) groups is 2. The van der Waals surface area contributed by atoms with E-state index in [1.54, 1.807) is 0 Å². The second kappa shape index (κ2) is 5.50. The van der Waals surface area contributed by atoms with E-state index in [9.17, 15) is 9.59 Å². The summed E-state index contributed by atoms with van der Waals surface area (Å²) in [6.07, 6.45) is -0.266. The molecule has 0 heterocycles. The number of aliphatic hydroxyl groups is 2. The van der Waals surface area contributed by atoms with Crippen LogP contribution >= 0.6 is 0 Å². The van der Waals surface area contributed by atoms with Crippen molar-refractivity contribution in [2.75, 3.05) is 13.2 Å². The van der Waals surface area contributed by atoms with Gasteiger partial charge in [0.2, 0.25) is 0 Å². The number of hydrogen-bond donors (Lipinski definition) is 4. The molecule has 6 nitrogen and oxygen atoms in total. The molecule has 0 spiro atoms. The van der Waals surface area contributed by atoms with Gasteiger partial charge in [-0.15, -0.1) is 0 Å². The van der Waals surface area contributed by atoms with Crippen molar-refractivity contribution in [3.05, 3.63) is 0 Å². The molecule has 0 radical (unpaired) electrons. The largest absolute Gasteiger partial charge is 0.481 e. The first-order valence-electron chi connectivity index (χ1n) is 3.70.